The van der Waals surface area contributed by atoms with Crippen LogP contribution >= 0.6 is 0 Å². The van der Waals surface area contributed by atoms with E-state index in [4.69, 9.17) is 5.73 Å². The zero-order chi connectivity index (χ0) is 12.7. The van der Waals surface area contributed by atoms with Crippen LogP contribution in [0.1, 0.15) is 26.7 Å². The minimum absolute atomic E-state index is 0.376. The van der Waals surface area contributed by atoms with Crippen molar-refractivity contribution in [3.8, 4) is 0 Å². The van der Waals surface area contributed by atoms with Crippen LogP contribution in [0.25, 0.3) is 0 Å². The molecular formula is C13H24N4. The van der Waals surface area contributed by atoms with Gasteiger partial charge in [0, 0.05) is 32.4 Å². The molecule has 17 heavy (non-hydrogen) atoms. The van der Waals surface area contributed by atoms with E-state index >= 15 is 0 Å². The van der Waals surface area contributed by atoms with Crippen LogP contribution in [0.4, 0.5) is 11.4 Å². The maximum Gasteiger partial charge on any atom is 0.0761 e. The van der Waals surface area contributed by atoms with Gasteiger partial charge in [-0.15, -0.1) is 0 Å². The first kappa shape index (κ1) is 13.8. The highest BCUT2D eigenvalue weighted by molar-refractivity contribution is 5.68. The highest BCUT2D eigenvalue weighted by atomic mass is 15.2. The summed E-state index contributed by atoms with van der Waals surface area (Å²) in [5.41, 5.74) is 8.22. The van der Waals surface area contributed by atoms with Crippen molar-refractivity contribution in [2.24, 2.45) is 5.73 Å². The minimum atomic E-state index is 0.376. The molecule has 0 unspecified atom stereocenters. The SMILES string of the molecule is CC.CNc1cnccc1N1CCC(N)CC1. The molecular weight excluding hydrogens is 212 g/mol. The molecule has 0 atom stereocenters. The Labute approximate surface area is 104 Å². The molecule has 0 aliphatic carbocycles. The van der Waals surface area contributed by atoms with E-state index in [9.17, 15) is 0 Å². The van der Waals surface area contributed by atoms with E-state index in [1.165, 1.54) is 5.69 Å². The number of hydrogen-bond donors (Lipinski definition) is 2. The second kappa shape index (κ2) is 7.12. The summed E-state index contributed by atoms with van der Waals surface area (Å²) < 4.78 is 0. The fraction of sp³-hybridized carbons (Fsp3) is 0.615. The molecule has 1 aromatic heterocycles. The lowest BCUT2D eigenvalue weighted by Crippen LogP contribution is -2.39. The number of nitrogens with zero attached hydrogens (tertiary/aromatic N) is 2. The number of aromatic nitrogens is 1. The third-order valence-electron chi connectivity index (χ3n) is 2.95. The van der Waals surface area contributed by atoms with Crippen LogP contribution in [-0.2, 0) is 0 Å². The van der Waals surface area contributed by atoms with Crippen LogP contribution < -0.4 is 16.0 Å². The van der Waals surface area contributed by atoms with Crippen LogP contribution in [0.2, 0.25) is 0 Å². The van der Waals surface area contributed by atoms with Gasteiger partial charge in [0.15, 0.2) is 0 Å². The quantitative estimate of drug-likeness (QED) is 0.825. The normalized spacial score (nSPS) is 16.1. The summed E-state index contributed by atoms with van der Waals surface area (Å²) in [5, 5.41) is 3.17. The molecule has 1 fully saturated rings. The highest BCUT2D eigenvalue weighted by Crippen LogP contribution is 2.26. The lowest BCUT2D eigenvalue weighted by molar-refractivity contribution is 0.501. The van der Waals surface area contributed by atoms with E-state index in [0.29, 0.717) is 6.04 Å². The maximum absolute atomic E-state index is 5.89. The molecule has 0 aromatic carbocycles. The van der Waals surface area contributed by atoms with E-state index in [2.05, 4.69) is 21.3 Å². The smallest absolute Gasteiger partial charge is 0.0761 e. The van der Waals surface area contributed by atoms with Crippen molar-refractivity contribution >= 4 is 11.4 Å². The molecule has 96 valence electrons. The molecule has 0 radical (unpaired) electrons. The topological polar surface area (TPSA) is 54.2 Å². The first-order chi connectivity index (χ1) is 8.31. The summed E-state index contributed by atoms with van der Waals surface area (Å²) in [6.45, 7) is 6.08. The predicted molar refractivity (Wildman–Crippen MR) is 74.6 cm³/mol. The zero-order valence-electron chi connectivity index (χ0n) is 11.1. The van der Waals surface area contributed by atoms with Gasteiger partial charge in [-0.25, -0.2) is 0 Å². The largest absolute Gasteiger partial charge is 0.385 e. The summed E-state index contributed by atoms with van der Waals surface area (Å²) in [5.74, 6) is 0. The van der Waals surface area contributed by atoms with Gasteiger partial charge in [0.2, 0.25) is 0 Å². The summed E-state index contributed by atoms with van der Waals surface area (Å²) in [6.07, 6.45) is 5.85. The Bertz CT molecular complexity index is 319. The summed E-state index contributed by atoms with van der Waals surface area (Å²) >= 11 is 0. The molecule has 0 bridgehead atoms. The molecule has 1 saturated heterocycles. The van der Waals surface area contributed by atoms with Gasteiger partial charge in [-0.05, 0) is 18.9 Å². The predicted octanol–water partition coefficient (Wildman–Crippen LogP) is 2.08. The average Bonchev–Trinajstić information content (AvgIpc) is 2.42. The van der Waals surface area contributed by atoms with Gasteiger partial charge in [0.1, 0.15) is 0 Å². The zero-order valence-corrected chi connectivity index (χ0v) is 11.1. The van der Waals surface area contributed by atoms with Gasteiger partial charge >= 0.3 is 0 Å². The minimum Gasteiger partial charge on any atom is -0.385 e. The van der Waals surface area contributed by atoms with Gasteiger partial charge < -0.3 is 16.0 Å². The first-order valence-corrected chi connectivity index (χ1v) is 6.43. The fourth-order valence-corrected chi connectivity index (χ4v) is 2.00. The van der Waals surface area contributed by atoms with Crippen LogP contribution in [0, 0.1) is 0 Å². The van der Waals surface area contributed by atoms with Crippen LogP contribution in [-0.4, -0.2) is 31.2 Å². The van der Waals surface area contributed by atoms with Crippen LogP contribution in [0.15, 0.2) is 18.5 Å². The molecule has 2 rings (SSSR count). The first-order valence-electron chi connectivity index (χ1n) is 6.43. The molecule has 0 spiro atoms. The van der Waals surface area contributed by atoms with E-state index in [1.807, 2.05) is 33.3 Å². The number of anilines is 2. The Morgan fingerprint density at radius 2 is 2.00 bits per heavy atom. The molecule has 0 amide bonds. The second-order valence-corrected chi connectivity index (χ2v) is 3.97. The molecule has 1 aromatic rings. The lowest BCUT2D eigenvalue weighted by atomic mass is 10.1. The van der Waals surface area contributed by atoms with Crippen molar-refractivity contribution in [3.63, 3.8) is 0 Å². The monoisotopic (exact) mass is 236 g/mol. The molecule has 3 N–H and O–H groups in total. The lowest BCUT2D eigenvalue weighted by Gasteiger charge is -2.33. The Balaban J connectivity index is 0.000000686. The van der Waals surface area contributed by atoms with Crippen molar-refractivity contribution in [1.29, 1.82) is 0 Å². The Morgan fingerprint density at radius 3 is 2.59 bits per heavy atom. The Hall–Kier alpha value is -1.29. The van der Waals surface area contributed by atoms with Crippen molar-refractivity contribution in [2.75, 3.05) is 30.4 Å². The molecule has 1 aliphatic heterocycles. The standard InChI is InChI=1S/C11H18N4.C2H6/c1-13-10-8-14-5-2-11(10)15-6-3-9(12)4-7-15;1-2/h2,5,8-9,13H,3-4,6-7,12H2,1H3;1-2H3. The van der Waals surface area contributed by atoms with E-state index < -0.39 is 0 Å². The van der Waals surface area contributed by atoms with E-state index in [0.717, 1.165) is 31.6 Å². The maximum atomic E-state index is 5.89. The number of rotatable bonds is 2. The third kappa shape index (κ3) is 3.60. The van der Waals surface area contributed by atoms with Gasteiger partial charge in [0.25, 0.3) is 0 Å². The average molecular weight is 236 g/mol. The van der Waals surface area contributed by atoms with E-state index in [1.54, 1.807) is 0 Å². The number of hydrogen-bond acceptors (Lipinski definition) is 4. The van der Waals surface area contributed by atoms with Crippen LogP contribution in [0.5, 0.6) is 0 Å². The van der Waals surface area contributed by atoms with Gasteiger partial charge in [-0.1, -0.05) is 13.8 Å². The van der Waals surface area contributed by atoms with Crippen molar-refractivity contribution in [1.82, 2.24) is 4.98 Å². The number of piperidine rings is 1. The van der Waals surface area contributed by atoms with Crippen molar-refractivity contribution < 1.29 is 0 Å². The summed E-state index contributed by atoms with van der Waals surface area (Å²) in [7, 11) is 1.93. The number of nitrogens with two attached hydrogens (primary N) is 1. The summed E-state index contributed by atoms with van der Waals surface area (Å²) in [6, 6.07) is 2.43. The molecule has 0 saturated carbocycles. The second-order valence-electron chi connectivity index (χ2n) is 3.97. The fourth-order valence-electron chi connectivity index (χ4n) is 2.00. The number of nitrogens with one attached hydrogen (secondary N) is 1. The molecule has 1 aliphatic rings. The van der Waals surface area contributed by atoms with Gasteiger partial charge in [-0.2, -0.15) is 0 Å². The third-order valence-corrected chi connectivity index (χ3v) is 2.95. The Morgan fingerprint density at radius 1 is 1.35 bits per heavy atom. The molecule has 4 heteroatoms. The van der Waals surface area contributed by atoms with Gasteiger partial charge in [0.05, 0.1) is 17.6 Å². The molecule has 2 heterocycles. The van der Waals surface area contributed by atoms with Crippen molar-refractivity contribution in [2.45, 2.75) is 32.7 Å². The Kier molecular flexibility index (Phi) is 5.77. The number of pyridine rings is 1. The van der Waals surface area contributed by atoms with Gasteiger partial charge in [-0.3, -0.25) is 4.98 Å². The highest BCUT2D eigenvalue weighted by Gasteiger charge is 2.17. The summed E-state index contributed by atoms with van der Waals surface area (Å²) in [4.78, 5) is 6.48. The van der Waals surface area contributed by atoms with E-state index in [-0.39, 0.29) is 0 Å². The van der Waals surface area contributed by atoms with Crippen LogP contribution in [0.3, 0.4) is 0 Å². The molecule has 4 nitrogen and oxygen atoms in total. The van der Waals surface area contributed by atoms with Crippen molar-refractivity contribution in [3.05, 3.63) is 18.5 Å².